The molecular formula is C18H20O4. The van der Waals surface area contributed by atoms with Gasteiger partial charge in [0.25, 0.3) is 0 Å². The number of ketones is 2. The lowest BCUT2D eigenvalue weighted by molar-refractivity contribution is -0.159. The number of benzene rings is 1. The second-order valence-electron chi connectivity index (χ2n) is 6.31. The van der Waals surface area contributed by atoms with Crippen molar-refractivity contribution in [1.82, 2.24) is 0 Å². The van der Waals surface area contributed by atoms with Crippen LogP contribution in [0.15, 0.2) is 36.1 Å². The fourth-order valence-electron chi connectivity index (χ4n) is 4.36. The Morgan fingerprint density at radius 1 is 1.00 bits per heavy atom. The van der Waals surface area contributed by atoms with Crippen LogP contribution in [-0.2, 0) is 14.3 Å². The molecule has 1 aromatic carbocycles. The number of carbonyl (C=O) groups excluding carboxylic acids is 2. The molecule has 0 amide bonds. The minimum absolute atomic E-state index is 0.00351. The van der Waals surface area contributed by atoms with Crippen LogP contribution in [0.1, 0.15) is 25.3 Å². The Hall–Kier alpha value is -2.10. The van der Waals surface area contributed by atoms with E-state index in [0.717, 1.165) is 11.3 Å². The molecule has 0 radical (unpaired) electrons. The smallest absolute Gasteiger partial charge is 0.204 e. The van der Waals surface area contributed by atoms with Gasteiger partial charge in [0.2, 0.25) is 5.78 Å². The lowest BCUT2D eigenvalue weighted by Crippen LogP contribution is -2.61. The molecule has 0 aliphatic heterocycles. The summed E-state index contributed by atoms with van der Waals surface area (Å²) in [6.45, 7) is 3.93. The van der Waals surface area contributed by atoms with Gasteiger partial charge in [-0.05, 0) is 23.6 Å². The summed E-state index contributed by atoms with van der Waals surface area (Å²) in [4.78, 5) is 25.1. The number of methoxy groups -OCH3 is 2. The first kappa shape index (κ1) is 14.8. The molecular weight excluding hydrogens is 280 g/mol. The van der Waals surface area contributed by atoms with Gasteiger partial charge in [0.1, 0.15) is 5.75 Å². The van der Waals surface area contributed by atoms with Gasteiger partial charge in [-0.3, -0.25) is 9.59 Å². The van der Waals surface area contributed by atoms with Gasteiger partial charge in [0.15, 0.2) is 11.5 Å². The number of allylic oxidation sites excluding steroid dienone is 2. The maximum absolute atomic E-state index is 12.8. The Bertz CT molecular complexity index is 658. The average Bonchev–Trinajstić information content (AvgIpc) is 2.51. The van der Waals surface area contributed by atoms with Gasteiger partial charge in [-0.1, -0.05) is 26.0 Å². The monoisotopic (exact) mass is 300 g/mol. The number of rotatable bonds is 3. The van der Waals surface area contributed by atoms with E-state index in [2.05, 4.69) is 0 Å². The Morgan fingerprint density at radius 3 is 2.18 bits per heavy atom. The lowest BCUT2D eigenvalue weighted by atomic mass is 9.42. The molecule has 0 spiro atoms. The molecule has 4 atom stereocenters. The molecule has 0 heterocycles. The quantitative estimate of drug-likeness (QED) is 0.861. The maximum atomic E-state index is 12.8. The molecule has 22 heavy (non-hydrogen) atoms. The Labute approximate surface area is 130 Å². The van der Waals surface area contributed by atoms with Gasteiger partial charge >= 0.3 is 0 Å². The van der Waals surface area contributed by atoms with Crippen molar-refractivity contribution in [3.63, 3.8) is 0 Å². The van der Waals surface area contributed by atoms with Gasteiger partial charge in [-0.15, -0.1) is 0 Å². The summed E-state index contributed by atoms with van der Waals surface area (Å²) in [5.41, 5.74) is 0.344. The first-order valence-electron chi connectivity index (χ1n) is 7.43. The predicted octanol–water partition coefficient (Wildman–Crippen LogP) is 2.73. The first-order valence-corrected chi connectivity index (χ1v) is 7.43. The highest BCUT2D eigenvalue weighted by Gasteiger charge is 2.66. The first-order chi connectivity index (χ1) is 10.4. The van der Waals surface area contributed by atoms with E-state index in [0.29, 0.717) is 0 Å². The molecule has 0 N–H and O–H groups in total. The zero-order valence-electron chi connectivity index (χ0n) is 13.3. The van der Waals surface area contributed by atoms with Gasteiger partial charge in [0.05, 0.1) is 19.6 Å². The van der Waals surface area contributed by atoms with E-state index in [4.69, 9.17) is 9.47 Å². The van der Waals surface area contributed by atoms with Crippen LogP contribution in [-0.4, -0.2) is 25.8 Å². The second-order valence-corrected chi connectivity index (χ2v) is 6.31. The van der Waals surface area contributed by atoms with E-state index in [-0.39, 0.29) is 35.1 Å². The molecule has 0 bridgehead atoms. The van der Waals surface area contributed by atoms with Crippen molar-refractivity contribution in [3.05, 3.63) is 41.7 Å². The highest BCUT2D eigenvalue weighted by atomic mass is 16.5. The topological polar surface area (TPSA) is 52.6 Å². The normalized spacial score (nSPS) is 33.6. The second kappa shape index (κ2) is 4.97. The van der Waals surface area contributed by atoms with Gasteiger partial charge < -0.3 is 9.47 Å². The van der Waals surface area contributed by atoms with Gasteiger partial charge in [-0.2, -0.15) is 0 Å². The minimum atomic E-state index is -0.717. The number of fused-ring (bicyclic) bond motifs is 1. The third-order valence-corrected chi connectivity index (χ3v) is 5.33. The molecule has 1 aromatic rings. The Kier molecular flexibility index (Phi) is 3.35. The van der Waals surface area contributed by atoms with Crippen LogP contribution in [0.3, 0.4) is 0 Å². The van der Waals surface area contributed by atoms with Crippen LogP contribution in [0.4, 0.5) is 0 Å². The average molecular weight is 300 g/mol. The summed E-state index contributed by atoms with van der Waals surface area (Å²) >= 11 is 0. The van der Waals surface area contributed by atoms with Crippen molar-refractivity contribution in [3.8, 4) is 5.75 Å². The van der Waals surface area contributed by atoms with Crippen LogP contribution in [0.2, 0.25) is 0 Å². The van der Waals surface area contributed by atoms with E-state index in [1.807, 2.05) is 38.1 Å². The molecule has 1 fully saturated rings. The summed E-state index contributed by atoms with van der Waals surface area (Å²) in [6.07, 6.45) is 1.36. The molecule has 2 aliphatic carbocycles. The minimum Gasteiger partial charge on any atom is -0.497 e. The van der Waals surface area contributed by atoms with Crippen molar-refractivity contribution >= 4 is 11.6 Å². The summed E-state index contributed by atoms with van der Waals surface area (Å²) in [5.74, 6) is 0.763. The SMILES string of the molecule is COC1=CC(=O)C2[C@@H](C)C(c3ccc(OC)cc3)[C@]2(C)C1=O. The molecule has 3 rings (SSSR count). The molecule has 1 saturated carbocycles. The third kappa shape index (κ3) is 1.76. The molecule has 2 aliphatic rings. The molecule has 116 valence electrons. The zero-order valence-corrected chi connectivity index (χ0v) is 13.3. The van der Waals surface area contributed by atoms with E-state index in [9.17, 15) is 9.59 Å². The number of hydrogen-bond acceptors (Lipinski definition) is 4. The van der Waals surface area contributed by atoms with E-state index in [1.165, 1.54) is 13.2 Å². The predicted molar refractivity (Wildman–Crippen MR) is 81.6 cm³/mol. The van der Waals surface area contributed by atoms with Crippen molar-refractivity contribution in [2.75, 3.05) is 14.2 Å². The number of carbonyl (C=O) groups is 2. The van der Waals surface area contributed by atoms with Gasteiger partial charge in [-0.25, -0.2) is 0 Å². The van der Waals surface area contributed by atoms with Crippen molar-refractivity contribution in [2.45, 2.75) is 19.8 Å². The molecule has 0 saturated heterocycles. The highest BCUT2D eigenvalue weighted by molar-refractivity contribution is 6.13. The molecule has 4 heteroatoms. The Balaban J connectivity index is 2.02. The van der Waals surface area contributed by atoms with Gasteiger partial charge in [0, 0.05) is 17.9 Å². The summed E-state index contributed by atoms with van der Waals surface area (Å²) in [7, 11) is 3.06. The third-order valence-electron chi connectivity index (χ3n) is 5.33. The number of Topliss-reactive ketones (excluding diaryl/α,β-unsaturated/α-hetero) is 1. The fourth-order valence-corrected chi connectivity index (χ4v) is 4.36. The van der Waals surface area contributed by atoms with E-state index in [1.54, 1.807) is 7.11 Å². The van der Waals surface area contributed by atoms with Crippen LogP contribution < -0.4 is 4.74 Å². The summed E-state index contributed by atoms with van der Waals surface area (Å²) < 4.78 is 10.3. The van der Waals surface area contributed by atoms with Crippen molar-refractivity contribution < 1.29 is 19.1 Å². The summed E-state index contributed by atoms with van der Waals surface area (Å²) in [6, 6.07) is 7.73. The van der Waals surface area contributed by atoms with Crippen molar-refractivity contribution in [1.29, 1.82) is 0 Å². The number of hydrogen-bond donors (Lipinski definition) is 0. The molecule has 2 unspecified atom stereocenters. The van der Waals surface area contributed by atoms with E-state index < -0.39 is 5.41 Å². The molecule has 0 aromatic heterocycles. The van der Waals surface area contributed by atoms with Crippen LogP contribution >= 0.6 is 0 Å². The van der Waals surface area contributed by atoms with Crippen LogP contribution in [0.5, 0.6) is 5.75 Å². The summed E-state index contributed by atoms with van der Waals surface area (Å²) in [5, 5.41) is 0. The fraction of sp³-hybridized carbons (Fsp3) is 0.444. The zero-order chi connectivity index (χ0) is 16.1. The van der Waals surface area contributed by atoms with Crippen LogP contribution in [0.25, 0.3) is 0 Å². The largest absolute Gasteiger partial charge is 0.497 e. The molecule has 4 nitrogen and oxygen atoms in total. The maximum Gasteiger partial charge on any atom is 0.204 e. The van der Waals surface area contributed by atoms with Crippen molar-refractivity contribution in [2.24, 2.45) is 17.3 Å². The Morgan fingerprint density at radius 2 is 1.64 bits per heavy atom. The number of ether oxygens (including phenoxy) is 2. The lowest BCUT2D eigenvalue weighted by Gasteiger charge is -2.58. The standard InChI is InChI=1S/C18H20O4/c1-10-15(11-5-7-12(21-3)8-6-11)18(2)16(10)13(19)9-14(22-4)17(18)20/h5-10,15-16H,1-4H3/t10-,15?,16?,18-/m0/s1. The highest BCUT2D eigenvalue weighted by Crippen LogP contribution is 2.63. The van der Waals surface area contributed by atoms with Crippen LogP contribution in [0, 0.1) is 17.3 Å². The van der Waals surface area contributed by atoms with E-state index >= 15 is 0 Å².